The lowest BCUT2D eigenvalue weighted by atomic mass is 10.00. The molecule has 1 aromatic carbocycles. The van der Waals surface area contributed by atoms with Crippen molar-refractivity contribution < 1.29 is 21.6 Å². The highest BCUT2D eigenvalue weighted by molar-refractivity contribution is 7.92. The summed E-state index contributed by atoms with van der Waals surface area (Å²) in [4.78, 5) is 16.2. The van der Waals surface area contributed by atoms with Gasteiger partial charge in [-0.15, -0.1) is 0 Å². The van der Waals surface area contributed by atoms with Crippen LogP contribution in [0, 0.1) is 12.8 Å². The summed E-state index contributed by atoms with van der Waals surface area (Å²) < 4.78 is 48.1. The molecule has 2 N–H and O–H groups in total. The van der Waals surface area contributed by atoms with Crippen molar-refractivity contribution in [1.82, 2.24) is 9.80 Å². The molecule has 2 aliphatic rings. The summed E-state index contributed by atoms with van der Waals surface area (Å²) in [5, 5.41) is 4.58. The van der Waals surface area contributed by atoms with Crippen molar-refractivity contribution in [3.05, 3.63) is 29.3 Å². The van der Waals surface area contributed by atoms with E-state index in [1.54, 1.807) is 6.92 Å². The normalized spacial score (nSPS) is 27.7. The predicted octanol–water partition coefficient (Wildman–Crippen LogP) is -0.558. The molecule has 0 saturated carbocycles. The number of carbonyl (C=O) groups excluding carboxylic acids is 1. The predicted molar refractivity (Wildman–Crippen MR) is 97.0 cm³/mol. The van der Waals surface area contributed by atoms with Crippen LogP contribution in [0.25, 0.3) is 0 Å². The molecule has 0 unspecified atom stereocenters. The Morgan fingerprint density at radius 3 is 2.50 bits per heavy atom. The monoisotopic (exact) mass is 401 g/mol. The van der Waals surface area contributed by atoms with Gasteiger partial charge >= 0.3 is 0 Å². The van der Waals surface area contributed by atoms with E-state index in [2.05, 4.69) is 0 Å². The fraction of sp³-hybridized carbons (Fsp3) is 0.562. The van der Waals surface area contributed by atoms with Gasteiger partial charge in [0.1, 0.15) is 0 Å². The third-order valence-corrected chi connectivity index (χ3v) is 8.52. The Labute approximate surface area is 153 Å². The Bertz CT molecular complexity index is 956. The van der Waals surface area contributed by atoms with Crippen LogP contribution in [0.3, 0.4) is 0 Å². The number of amides is 1. The second-order valence-electron chi connectivity index (χ2n) is 7.29. The average Bonchev–Trinajstić information content (AvgIpc) is 3.05. The van der Waals surface area contributed by atoms with Gasteiger partial charge in [-0.1, -0.05) is 6.07 Å². The van der Waals surface area contributed by atoms with E-state index >= 15 is 0 Å². The Hall–Kier alpha value is -1.49. The molecule has 0 aliphatic carbocycles. The van der Waals surface area contributed by atoms with Gasteiger partial charge in [0.05, 0.1) is 15.9 Å². The van der Waals surface area contributed by atoms with Gasteiger partial charge < -0.3 is 9.80 Å². The summed E-state index contributed by atoms with van der Waals surface area (Å²) in [6.45, 7) is 2.18. The standard InChI is InChI=1S/C16H23N3O5S2/c1-10-4-5-11(26(17,23)24)6-12(10)16(20)19-7-13-14(18(2)3)9-25(21,22)15(13)8-19/h4-6,13-15H,7-9H2,1-3H3,(H2,17,23,24)/t13-,14-,15-/m0/s1. The Morgan fingerprint density at radius 2 is 1.92 bits per heavy atom. The van der Waals surface area contributed by atoms with Gasteiger partial charge in [0.2, 0.25) is 10.0 Å². The van der Waals surface area contributed by atoms with Crippen molar-refractivity contribution in [1.29, 1.82) is 0 Å². The van der Waals surface area contributed by atoms with Gasteiger partial charge in [-0.2, -0.15) is 0 Å². The summed E-state index contributed by atoms with van der Waals surface area (Å²) in [7, 11) is -3.51. The van der Waals surface area contributed by atoms with Crippen LogP contribution in [0.2, 0.25) is 0 Å². The minimum Gasteiger partial charge on any atom is -0.337 e. The molecule has 10 heteroatoms. The van der Waals surface area contributed by atoms with Crippen LogP contribution in [0.5, 0.6) is 0 Å². The molecule has 0 bridgehead atoms. The van der Waals surface area contributed by atoms with Crippen LogP contribution in [0.4, 0.5) is 0 Å². The molecule has 1 aromatic rings. The highest BCUT2D eigenvalue weighted by Gasteiger charge is 2.53. The first-order valence-corrected chi connectivity index (χ1v) is 11.5. The number of rotatable bonds is 3. The van der Waals surface area contributed by atoms with E-state index in [-0.39, 0.29) is 40.6 Å². The van der Waals surface area contributed by atoms with Crippen molar-refractivity contribution in [2.45, 2.75) is 23.1 Å². The highest BCUT2D eigenvalue weighted by Crippen LogP contribution is 2.36. The van der Waals surface area contributed by atoms with Crippen molar-refractivity contribution in [3.63, 3.8) is 0 Å². The van der Waals surface area contributed by atoms with E-state index in [0.29, 0.717) is 12.1 Å². The molecule has 1 amide bonds. The number of sulfonamides is 1. The molecule has 2 aliphatic heterocycles. The van der Waals surface area contributed by atoms with Gasteiger partial charge in [0.25, 0.3) is 5.91 Å². The van der Waals surface area contributed by atoms with E-state index in [0.717, 1.165) is 0 Å². The van der Waals surface area contributed by atoms with Crippen LogP contribution >= 0.6 is 0 Å². The molecule has 3 atom stereocenters. The van der Waals surface area contributed by atoms with Crippen molar-refractivity contribution in [2.24, 2.45) is 11.1 Å². The Balaban J connectivity index is 1.92. The van der Waals surface area contributed by atoms with Gasteiger partial charge in [-0.25, -0.2) is 22.0 Å². The molecule has 144 valence electrons. The maximum Gasteiger partial charge on any atom is 0.254 e. The molecule has 2 fully saturated rings. The molecular weight excluding hydrogens is 378 g/mol. The maximum absolute atomic E-state index is 12.9. The number of carbonyl (C=O) groups is 1. The molecule has 0 spiro atoms. The molecular formula is C16H23N3O5S2. The van der Waals surface area contributed by atoms with Crippen LogP contribution < -0.4 is 5.14 Å². The van der Waals surface area contributed by atoms with Gasteiger partial charge in [-0.05, 0) is 38.7 Å². The average molecular weight is 402 g/mol. The summed E-state index contributed by atoms with van der Waals surface area (Å²) in [6, 6.07) is 4.02. The van der Waals surface area contributed by atoms with Gasteiger partial charge in [-0.3, -0.25) is 4.79 Å². The van der Waals surface area contributed by atoms with Crippen LogP contribution in [0.15, 0.2) is 23.1 Å². The molecule has 2 heterocycles. The largest absolute Gasteiger partial charge is 0.337 e. The zero-order valence-electron chi connectivity index (χ0n) is 14.9. The number of hydrogen-bond acceptors (Lipinski definition) is 6. The maximum atomic E-state index is 12.9. The lowest BCUT2D eigenvalue weighted by Gasteiger charge is -2.25. The zero-order chi connectivity index (χ0) is 19.4. The lowest BCUT2D eigenvalue weighted by molar-refractivity contribution is 0.0778. The molecule has 3 rings (SSSR count). The number of benzene rings is 1. The van der Waals surface area contributed by atoms with E-state index in [1.165, 1.54) is 23.1 Å². The SMILES string of the molecule is Cc1ccc(S(N)(=O)=O)cc1C(=O)N1C[C@H]2[C@@H](N(C)C)CS(=O)(=O)[C@H]2C1. The number of nitrogens with two attached hydrogens (primary N) is 1. The molecule has 2 saturated heterocycles. The van der Waals surface area contributed by atoms with Crippen LogP contribution in [0.1, 0.15) is 15.9 Å². The van der Waals surface area contributed by atoms with E-state index < -0.39 is 25.1 Å². The minimum atomic E-state index is -3.93. The molecule has 26 heavy (non-hydrogen) atoms. The first-order valence-electron chi connectivity index (χ1n) is 8.22. The fourth-order valence-electron chi connectivity index (χ4n) is 3.91. The first kappa shape index (κ1) is 19.3. The van der Waals surface area contributed by atoms with Crippen molar-refractivity contribution in [3.8, 4) is 0 Å². The van der Waals surface area contributed by atoms with Crippen molar-refractivity contribution >= 4 is 25.8 Å². The second-order valence-corrected chi connectivity index (χ2v) is 11.1. The molecule has 0 radical (unpaired) electrons. The van der Waals surface area contributed by atoms with Crippen LogP contribution in [-0.2, 0) is 19.9 Å². The number of hydrogen-bond donors (Lipinski definition) is 1. The summed E-state index contributed by atoms with van der Waals surface area (Å²) in [5.41, 5.74) is 0.849. The second kappa shape index (κ2) is 6.29. The smallest absolute Gasteiger partial charge is 0.254 e. The highest BCUT2D eigenvalue weighted by atomic mass is 32.2. The summed E-state index contributed by atoms with van der Waals surface area (Å²) in [5.74, 6) is -0.395. The number of sulfone groups is 1. The number of nitrogens with zero attached hydrogens (tertiary/aromatic N) is 2. The zero-order valence-corrected chi connectivity index (χ0v) is 16.5. The topological polar surface area (TPSA) is 118 Å². The minimum absolute atomic E-state index is 0.108. The fourth-order valence-corrected chi connectivity index (χ4v) is 6.93. The number of primary sulfonamides is 1. The third-order valence-electron chi connectivity index (χ3n) is 5.39. The van der Waals surface area contributed by atoms with Crippen molar-refractivity contribution in [2.75, 3.05) is 32.9 Å². The van der Waals surface area contributed by atoms with E-state index in [9.17, 15) is 21.6 Å². The van der Waals surface area contributed by atoms with Gasteiger partial charge in [0.15, 0.2) is 9.84 Å². The van der Waals surface area contributed by atoms with E-state index in [4.69, 9.17) is 5.14 Å². The number of fused-ring (bicyclic) bond motifs is 1. The quantitative estimate of drug-likeness (QED) is 0.726. The van der Waals surface area contributed by atoms with Crippen LogP contribution in [-0.4, -0.2) is 76.8 Å². The van der Waals surface area contributed by atoms with E-state index in [1.807, 2.05) is 19.0 Å². The third kappa shape index (κ3) is 3.26. The summed E-state index contributed by atoms with van der Waals surface area (Å²) in [6.07, 6.45) is 0. The van der Waals surface area contributed by atoms with Gasteiger partial charge in [0, 0.05) is 30.6 Å². The molecule has 0 aromatic heterocycles. The number of likely N-dealkylation sites (tertiary alicyclic amines) is 1. The lowest BCUT2D eigenvalue weighted by Crippen LogP contribution is -2.38. The number of aryl methyl sites for hydroxylation is 1. The Morgan fingerprint density at radius 1 is 1.27 bits per heavy atom. The first-order chi connectivity index (χ1) is 11.9. The Kier molecular flexibility index (Phi) is 4.67. The summed E-state index contributed by atoms with van der Waals surface area (Å²) >= 11 is 0. The molecule has 8 nitrogen and oxygen atoms in total.